The number of amides is 1. The number of rotatable bonds is 1. The number of piperidine rings is 1. The molecule has 1 aromatic heterocycles. The Balaban J connectivity index is 2.12. The molecule has 1 unspecified atom stereocenters. The number of hydrogen-bond donors (Lipinski definition) is 0. The Labute approximate surface area is 101 Å². The van der Waals surface area contributed by atoms with E-state index in [1.54, 1.807) is 4.90 Å². The molecule has 0 spiro atoms. The molecule has 0 aliphatic carbocycles. The van der Waals surface area contributed by atoms with E-state index >= 15 is 0 Å². The molecule has 0 N–H and O–H groups in total. The molecule has 18 heavy (non-hydrogen) atoms. The van der Waals surface area contributed by atoms with Crippen LogP contribution in [0.3, 0.4) is 0 Å². The first kappa shape index (κ1) is 12.8. The number of likely N-dealkylation sites (tertiary alicyclic amines) is 1. The predicted octanol–water partition coefficient (Wildman–Crippen LogP) is 1.81. The van der Waals surface area contributed by atoms with Crippen LogP contribution < -0.4 is 0 Å². The minimum absolute atomic E-state index is 0.0479. The molecule has 0 bridgehead atoms. The fourth-order valence-electron chi connectivity index (χ4n) is 1.98. The van der Waals surface area contributed by atoms with Crippen LogP contribution in [0.5, 0.6) is 0 Å². The quantitative estimate of drug-likeness (QED) is 0.775. The maximum absolute atomic E-state index is 12.3. The number of nitrogens with zero attached hydrogens (tertiary/aromatic N) is 3. The fraction of sp³-hybridized carbons (Fsp3) is 0.700. The van der Waals surface area contributed by atoms with E-state index in [1.807, 2.05) is 0 Å². The first-order valence-corrected chi connectivity index (χ1v) is 5.54. The van der Waals surface area contributed by atoms with E-state index < -0.39 is 12.1 Å². The third-order valence-electron chi connectivity index (χ3n) is 2.90. The summed E-state index contributed by atoms with van der Waals surface area (Å²) in [6, 6.07) is 0. The van der Waals surface area contributed by atoms with Crippen molar-refractivity contribution in [1.82, 2.24) is 15.1 Å². The fourth-order valence-corrected chi connectivity index (χ4v) is 1.98. The molecule has 1 atom stereocenters. The van der Waals surface area contributed by atoms with Gasteiger partial charge in [0.1, 0.15) is 0 Å². The van der Waals surface area contributed by atoms with E-state index in [-0.39, 0.29) is 17.7 Å². The van der Waals surface area contributed by atoms with Crippen molar-refractivity contribution >= 4 is 5.91 Å². The van der Waals surface area contributed by atoms with Crippen LogP contribution in [0.2, 0.25) is 0 Å². The molecule has 1 fully saturated rings. The monoisotopic (exact) mass is 263 g/mol. The molecular formula is C10H12F3N3O2. The third kappa shape index (κ3) is 2.62. The molecule has 1 aromatic rings. The van der Waals surface area contributed by atoms with Crippen molar-refractivity contribution in [2.45, 2.75) is 31.9 Å². The zero-order valence-electron chi connectivity index (χ0n) is 9.70. The van der Waals surface area contributed by atoms with E-state index in [4.69, 9.17) is 0 Å². The van der Waals surface area contributed by atoms with Gasteiger partial charge in [0.2, 0.25) is 11.8 Å². The summed E-state index contributed by atoms with van der Waals surface area (Å²) < 4.78 is 41.6. The van der Waals surface area contributed by atoms with Gasteiger partial charge in [-0.15, -0.1) is 10.2 Å². The van der Waals surface area contributed by atoms with Crippen molar-refractivity contribution in [2.75, 3.05) is 13.1 Å². The van der Waals surface area contributed by atoms with E-state index in [1.165, 1.54) is 6.92 Å². The summed E-state index contributed by atoms with van der Waals surface area (Å²) in [6.07, 6.45) is -3.27. The Morgan fingerprint density at radius 2 is 2.17 bits per heavy atom. The van der Waals surface area contributed by atoms with Gasteiger partial charge in [0.25, 0.3) is 0 Å². The summed E-state index contributed by atoms with van der Waals surface area (Å²) >= 11 is 0. The normalized spacial score (nSPS) is 21.1. The lowest BCUT2D eigenvalue weighted by Crippen LogP contribution is -2.37. The summed E-state index contributed by atoms with van der Waals surface area (Å²) in [5.74, 6) is -1.80. The first-order valence-electron chi connectivity index (χ1n) is 5.54. The van der Waals surface area contributed by atoms with E-state index in [0.717, 1.165) is 0 Å². The van der Waals surface area contributed by atoms with Gasteiger partial charge in [-0.1, -0.05) is 0 Å². The van der Waals surface area contributed by atoms with Gasteiger partial charge < -0.3 is 9.32 Å². The Morgan fingerprint density at radius 1 is 1.44 bits per heavy atom. The molecule has 0 radical (unpaired) electrons. The Morgan fingerprint density at radius 3 is 2.72 bits per heavy atom. The van der Waals surface area contributed by atoms with E-state index in [9.17, 15) is 18.0 Å². The predicted molar refractivity (Wildman–Crippen MR) is 53.5 cm³/mol. The number of aromatic nitrogens is 2. The minimum Gasteiger partial charge on any atom is -0.417 e. The highest BCUT2D eigenvalue weighted by Gasteiger charge is 2.39. The molecule has 8 heteroatoms. The van der Waals surface area contributed by atoms with Crippen molar-refractivity contribution in [3.63, 3.8) is 0 Å². The van der Waals surface area contributed by atoms with Gasteiger partial charge in [0.05, 0.1) is 5.92 Å². The molecule has 5 nitrogen and oxygen atoms in total. The van der Waals surface area contributed by atoms with Gasteiger partial charge in [-0.05, 0) is 12.8 Å². The van der Waals surface area contributed by atoms with Gasteiger partial charge in [0.15, 0.2) is 0 Å². The highest BCUT2D eigenvalue weighted by atomic mass is 19.4. The van der Waals surface area contributed by atoms with Gasteiger partial charge in [-0.2, -0.15) is 13.2 Å². The van der Waals surface area contributed by atoms with Crippen molar-refractivity contribution in [1.29, 1.82) is 0 Å². The molecule has 1 aliphatic rings. The number of carbonyl (C=O) groups excluding carboxylic acids is 1. The van der Waals surface area contributed by atoms with Crippen LogP contribution in [0, 0.1) is 0 Å². The van der Waals surface area contributed by atoms with Crippen LogP contribution in [0.15, 0.2) is 4.42 Å². The summed E-state index contributed by atoms with van der Waals surface area (Å²) in [5.41, 5.74) is 0. The van der Waals surface area contributed by atoms with Crippen molar-refractivity contribution in [3.05, 3.63) is 11.8 Å². The smallest absolute Gasteiger partial charge is 0.417 e. The molecule has 100 valence electrons. The second kappa shape index (κ2) is 4.58. The molecule has 2 rings (SSSR count). The lowest BCUT2D eigenvalue weighted by Gasteiger charge is -2.30. The van der Waals surface area contributed by atoms with Crippen LogP contribution in [0.4, 0.5) is 13.2 Å². The number of hydrogen-bond acceptors (Lipinski definition) is 4. The zero-order valence-corrected chi connectivity index (χ0v) is 9.70. The first-order chi connectivity index (χ1) is 8.38. The molecule has 0 aromatic carbocycles. The van der Waals surface area contributed by atoms with Crippen LogP contribution in [-0.2, 0) is 11.0 Å². The van der Waals surface area contributed by atoms with Crippen LogP contribution >= 0.6 is 0 Å². The summed E-state index contributed by atoms with van der Waals surface area (Å²) in [7, 11) is 0. The highest BCUT2D eigenvalue weighted by molar-refractivity contribution is 5.73. The Kier molecular flexibility index (Phi) is 3.27. The third-order valence-corrected chi connectivity index (χ3v) is 2.90. The van der Waals surface area contributed by atoms with Crippen LogP contribution in [-0.4, -0.2) is 34.1 Å². The molecular weight excluding hydrogens is 251 g/mol. The molecule has 1 aliphatic heterocycles. The standard InChI is InChI=1S/C10H12F3N3O2/c1-6(17)16-4-2-3-7(5-16)8-14-15-9(18-8)10(11,12)13/h7H,2-5H2,1H3. The average molecular weight is 263 g/mol. The van der Waals surface area contributed by atoms with E-state index in [2.05, 4.69) is 14.6 Å². The van der Waals surface area contributed by atoms with E-state index in [0.29, 0.717) is 25.9 Å². The maximum Gasteiger partial charge on any atom is 0.470 e. The highest BCUT2D eigenvalue weighted by Crippen LogP contribution is 2.31. The lowest BCUT2D eigenvalue weighted by atomic mass is 9.98. The summed E-state index contributed by atoms with van der Waals surface area (Å²) in [5, 5.41) is 6.41. The minimum atomic E-state index is -4.62. The van der Waals surface area contributed by atoms with Gasteiger partial charge in [-0.3, -0.25) is 4.79 Å². The SMILES string of the molecule is CC(=O)N1CCCC(c2nnc(C(F)(F)F)o2)C1. The number of alkyl halides is 3. The zero-order chi connectivity index (χ0) is 13.3. The average Bonchev–Trinajstić information content (AvgIpc) is 2.78. The molecule has 2 heterocycles. The molecule has 1 saturated heterocycles. The second-order valence-electron chi connectivity index (χ2n) is 4.25. The van der Waals surface area contributed by atoms with Gasteiger partial charge in [-0.25, -0.2) is 0 Å². The molecule has 1 amide bonds. The second-order valence-corrected chi connectivity index (χ2v) is 4.25. The van der Waals surface area contributed by atoms with Crippen molar-refractivity contribution in [3.8, 4) is 0 Å². The van der Waals surface area contributed by atoms with Gasteiger partial charge >= 0.3 is 12.1 Å². The van der Waals surface area contributed by atoms with Gasteiger partial charge in [0, 0.05) is 20.0 Å². The summed E-state index contributed by atoms with van der Waals surface area (Å²) in [4.78, 5) is 12.8. The summed E-state index contributed by atoms with van der Waals surface area (Å²) in [6.45, 7) is 2.37. The lowest BCUT2D eigenvalue weighted by molar-refractivity contribution is -0.157. The Hall–Kier alpha value is -1.60. The van der Waals surface area contributed by atoms with Crippen LogP contribution in [0.25, 0.3) is 0 Å². The Bertz CT molecular complexity index is 444. The van der Waals surface area contributed by atoms with Crippen LogP contribution in [0.1, 0.15) is 37.5 Å². The number of carbonyl (C=O) groups is 1. The topological polar surface area (TPSA) is 59.2 Å². The number of halogens is 3. The maximum atomic E-state index is 12.3. The largest absolute Gasteiger partial charge is 0.470 e. The van der Waals surface area contributed by atoms with Crippen molar-refractivity contribution < 1.29 is 22.4 Å². The van der Waals surface area contributed by atoms with Crippen molar-refractivity contribution in [2.24, 2.45) is 0 Å². The molecule has 0 saturated carbocycles.